The first kappa shape index (κ1) is 14.2. The predicted molar refractivity (Wildman–Crippen MR) is 79.4 cm³/mol. The van der Waals surface area contributed by atoms with Gasteiger partial charge in [-0.2, -0.15) is 0 Å². The van der Waals surface area contributed by atoms with Crippen molar-refractivity contribution in [1.82, 2.24) is 4.90 Å². The van der Waals surface area contributed by atoms with Gasteiger partial charge in [0.1, 0.15) is 0 Å². The first-order chi connectivity index (χ1) is 9.09. The zero-order valence-electron chi connectivity index (χ0n) is 11.4. The summed E-state index contributed by atoms with van der Waals surface area (Å²) in [6, 6.07) is 5.45. The molecule has 2 rings (SSSR count). The Bertz CT molecular complexity index is 453. The Labute approximate surface area is 119 Å². The minimum Gasteiger partial charge on any atom is -0.398 e. The van der Waals surface area contributed by atoms with E-state index in [0.717, 1.165) is 12.8 Å². The molecule has 1 aliphatic carbocycles. The molecule has 104 valence electrons. The molecule has 1 aromatic rings. The molecule has 0 saturated heterocycles. The van der Waals surface area contributed by atoms with Gasteiger partial charge in [0.05, 0.1) is 10.7 Å². The second-order valence-corrected chi connectivity index (χ2v) is 5.70. The Morgan fingerprint density at radius 3 is 2.47 bits per heavy atom. The molecule has 19 heavy (non-hydrogen) atoms. The maximum atomic E-state index is 12.4. The number of hydrogen-bond acceptors (Lipinski definition) is 2. The van der Waals surface area contributed by atoms with Crippen LogP contribution in [0.4, 0.5) is 5.69 Å². The summed E-state index contributed by atoms with van der Waals surface area (Å²) in [6.45, 7) is 0. The van der Waals surface area contributed by atoms with Crippen molar-refractivity contribution in [3.05, 3.63) is 28.8 Å². The summed E-state index contributed by atoms with van der Waals surface area (Å²) in [6.07, 6.45) is 7.20. The summed E-state index contributed by atoms with van der Waals surface area (Å²) in [4.78, 5) is 14.3. The predicted octanol–water partition coefficient (Wildman–Crippen LogP) is 3.72. The van der Waals surface area contributed by atoms with Gasteiger partial charge in [-0.25, -0.2) is 0 Å². The number of anilines is 1. The Morgan fingerprint density at radius 1 is 1.26 bits per heavy atom. The molecule has 2 N–H and O–H groups in total. The zero-order chi connectivity index (χ0) is 13.8. The minimum absolute atomic E-state index is 0.0373. The van der Waals surface area contributed by atoms with E-state index in [2.05, 4.69) is 0 Å². The van der Waals surface area contributed by atoms with E-state index in [-0.39, 0.29) is 5.91 Å². The topological polar surface area (TPSA) is 46.3 Å². The monoisotopic (exact) mass is 280 g/mol. The van der Waals surface area contributed by atoms with Crippen LogP contribution in [-0.2, 0) is 0 Å². The van der Waals surface area contributed by atoms with Gasteiger partial charge in [0.2, 0.25) is 0 Å². The average Bonchev–Trinajstić information content (AvgIpc) is 2.69. The summed E-state index contributed by atoms with van der Waals surface area (Å²) in [5.74, 6) is 0.0373. The van der Waals surface area contributed by atoms with Crippen LogP contribution in [0.25, 0.3) is 0 Å². The van der Waals surface area contributed by atoms with Crippen LogP contribution in [0.1, 0.15) is 48.9 Å². The third kappa shape index (κ3) is 3.41. The SMILES string of the molecule is CN(C(=O)c1ccc(Cl)c(N)c1)C1CCCCCC1. The molecule has 0 unspecified atom stereocenters. The highest BCUT2D eigenvalue weighted by molar-refractivity contribution is 6.33. The quantitative estimate of drug-likeness (QED) is 0.663. The number of benzene rings is 1. The van der Waals surface area contributed by atoms with Crippen molar-refractivity contribution in [3.63, 3.8) is 0 Å². The van der Waals surface area contributed by atoms with Gasteiger partial charge >= 0.3 is 0 Å². The van der Waals surface area contributed by atoms with Crippen molar-refractivity contribution in [3.8, 4) is 0 Å². The van der Waals surface area contributed by atoms with Crippen molar-refractivity contribution in [2.24, 2.45) is 0 Å². The molecule has 0 radical (unpaired) electrons. The first-order valence-corrected chi connectivity index (χ1v) is 7.29. The summed E-state index contributed by atoms with van der Waals surface area (Å²) < 4.78 is 0. The van der Waals surface area contributed by atoms with Crippen LogP contribution >= 0.6 is 11.6 Å². The number of amides is 1. The fourth-order valence-electron chi connectivity index (χ4n) is 2.69. The third-order valence-electron chi connectivity index (χ3n) is 3.94. The fourth-order valence-corrected chi connectivity index (χ4v) is 2.81. The number of halogens is 1. The van der Waals surface area contributed by atoms with Gasteiger partial charge in [-0.3, -0.25) is 4.79 Å². The summed E-state index contributed by atoms with van der Waals surface area (Å²) in [5, 5.41) is 0.494. The van der Waals surface area contributed by atoms with Crippen molar-refractivity contribution < 1.29 is 4.79 Å². The smallest absolute Gasteiger partial charge is 0.253 e. The van der Waals surface area contributed by atoms with E-state index < -0.39 is 0 Å². The van der Waals surface area contributed by atoms with E-state index >= 15 is 0 Å². The van der Waals surface area contributed by atoms with E-state index in [1.54, 1.807) is 18.2 Å². The van der Waals surface area contributed by atoms with Crippen LogP contribution in [0.2, 0.25) is 5.02 Å². The fraction of sp³-hybridized carbons (Fsp3) is 0.533. The second-order valence-electron chi connectivity index (χ2n) is 5.30. The Kier molecular flexibility index (Phi) is 4.70. The van der Waals surface area contributed by atoms with Crippen molar-refractivity contribution >= 4 is 23.2 Å². The van der Waals surface area contributed by atoms with Crippen LogP contribution in [0.3, 0.4) is 0 Å². The number of nitrogens with zero attached hydrogens (tertiary/aromatic N) is 1. The molecule has 1 saturated carbocycles. The number of hydrogen-bond donors (Lipinski definition) is 1. The van der Waals surface area contributed by atoms with Gasteiger partial charge in [-0.05, 0) is 31.0 Å². The van der Waals surface area contributed by atoms with E-state index in [1.807, 2.05) is 11.9 Å². The summed E-state index contributed by atoms with van der Waals surface area (Å²) in [5.41, 5.74) is 6.84. The number of nitrogen functional groups attached to an aromatic ring is 1. The Balaban J connectivity index is 2.10. The van der Waals surface area contributed by atoms with E-state index in [4.69, 9.17) is 17.3 Å². The first-order valence-electron chi connectivity index (χ1n) is 6.92. The molecule has 0 atom stereocenters. The van der Waals surface area contributed by atoms with Gasteiger partial charge in [-0.15, -0.1) is 0 Å². The molecule has 1 aliphatic rings. The molecule has 1 aromatic carbocycles. The molecule has 3 nitrogen and oxygen atoms in total. The molecular weight excluding hydrogens is 260 g/mol. The number of carbonyl (C=O) groups is 1. The number of rotatable bonds is 2. The maximum Gasteiger partial charge on any atom is 0.253 e. The lowest BCUT2D eigenvalue weighted by molar-refractivity contribution is 0.0718. The largest absolute Gasteiger partial charge is 0.398 e. The highest BCUT2D eigenvalue weighted by Crippen LogP contribution is 2.24. The van der Waals surface area contributed by atoms with E-state index in [0.29, 0.717) is 22.3 Å². The second kappa shape index (κ2) is 6.29. The van der Waals surface area contributed by atoms with Gasteiger partial charge in [0.15, 0.2) is 0 Å². The van der Waals surface area contributed by atoms with Gasteiger partial charge in [0, 0.05) is 18.7 Å². The normalized spacial score (nSPS) is 16.9. The highest BCUT2D eigenvalue weighted by atomic mass is 35.5. The Morgan fingerprint density at radius 2 is 1.89 bits per heavy atom. The summed E-state index contributed by atoms with van der Waals surface area (Å²) >= 11 is 5.89. The molecule has 0 aliphatic heterocycles. The molecule has 0 heterocycles. The summed E-state index contributed by atoms with van der Waals surface area (Å²) in [7, 11) is 1.89. The van der Waals surface area contributed by atoms with Gasteiger partial charge in [-0.1, -0.05) is 37.3 Å². The average molecular weight is 281 g/mol. The Hall–Kier alpha value is -1.22. The van der Waals surface area contributed by atoms with Crippen LogP contribution < -0.4 is 5.73 Å². The molecule has 4 heteroatoms. The maximum absolute atomic E-state index is 12.4. The lowest BCUT2D eigenvalue weighted by Gasteiger charge is -2.27. The van der Waals surface area contributed by atoms with Crippen LogP contribution in [-0.4, -0.2) is 23.9 Å². The van der Waals surface area contributed by atoms with Crippen molar-refractivity contribution in [2.75, 3.05) is 12.8 Å². The lowest BCUT2D eigenvalue weighted by Crippen LogP contribution is -2.36. The van der Waals surface area contributed by atoms with Crippen molar-refractivity contribution in [1.29, 1.82) is 0 Å². The molecule has 1 amide bonds. The third-order valence-corrected chi connectivity index (χ3v) is 4.28. The van der Waals surface area contributed by atoms with E-state index in [9.17, 15) is 4.79 Å². The van der Waals surface area contributed by atoms with Crippen molar-refractivity contribution in [2.45, 2.75) is 44.6 Å². The molecule has 0 bridgehead atoms. The van der Waals surface area contributed by atoms with Gasteiger partial charge in [0.25, 0.3) is 5.91 Å². The minimum atomic E-state index is 0.0373. The molecular formula is C15H21ClN2O. The van der Waals surface area contributed by atoms with E-state index in [1.165, 1.54) is 25.7 Å². The molecule has 0 spiro atoms. The van der Waals surface area contributed by atoms with Crippen LogP contribution in [0.15, 0.2) is 18.2 Å². The zero-order valence-corrected chi connectivity index (χ0v) is 12.1. The van der Waals surface area contributed by atoms with Crippen LogP contribution in [0, 0.1) is 0 Å². The number of carbonyl (C=O) groups excluding carboxylic acids is 1. The van der Waals surface area contributed by atoms with Gasteiger partial charge < -0.3 is 10.6 Å². The molecule has 0 aromatic heterocycles. The molecule has 1 fully saturated rings. The standard InChI is InChI=1S/C15H21ClN2O/c1-18(12-6-4-2-3-5-7-12)15(19)11-8-9-13(16)14(17)10-11/h8-10,12H,2-7,17H2,1H3. The van der Waals surface area contributed by atoms with Crippen LogP contribution in [0.5, 0.6) is 0 Å². The lowest BCUT2D eigenvalue weighted by atomic mass is 10.1. The highest BCUT2D eigenvalue weighted by Gasteiger charge is 2.22. The number of nitrogens with two attached hydrogens (primary N) is 1.